The van der Waals surface area contributed by atoms with Gasteiger partial charge in [0.05, 0.1) is 0 Å². The molecule has 0 N–H and O–H groups in total. The second kappa shape index (κ2) is 3.74. The maximum Gasteiger partial charge on any atom is 0.264 e. The molecule has 14 heavy (non-hydrogen) atoms. The van der Waals surface area contributed by atoms with E-state index in [2.05, 4.69) is 0 Å². The molecule has 0 saturated carbocycles. The maximum atomic E-state index is 13.2. The zero-order valence-corrected chi connectivity index (χ0v) is 9.23. The van der Waals surface area contributed by atoms with Crippen LogP contribution in [0.5, 0.6) is 0 Å². The number of hydrogen-bond donors (Lipinski definition) is 0. The quantitative estimate of drug-likeness (QED) is 0.737. The first-order valence-corrected chi connectivity index (χ1v) is 6.05. The lowest BCUT2D eigenvalue weighted by Gasteiger charge is -2.12. The van der Waals surface area contributed by atoms with E-state index in [1.165, 1.54) is 6.07 Å². The summed E-state index contributed by atoms with van der Waals surface area (Å²) in [6, 6.07) is 3.75. The second-order valence-electron chi connectivity index (χ2n) is 2.95. The Morgan fingerprint density at radius 2 is 1.93 bits per heavy atom. The van der Waals surface area contributed by atoms with Crippen LogP contribution >= 0.6 is 10.7 Å². The number of benzene rings is 1. The highest BCUT2D eigenvalue weighted by atomic mass is 35.7. The molecular formula is C8H9ClFNO2S. The maximum absolute atomic E-state index is 13.2. The molecule has 78 valence electrons. The van der Waals surface area contributed by atoms with Gasteiger partial charge in [-0.25, -0.2) is 12.8 Å². The lowest BCUT2D eigenvalue weighted by Crippen LogP contribution is -2.09. The predicted octanol–water partition coefficient (Wildman–Crippen LogP) is 1.82. The Balaban J connectivity index is 3.28. The van der Waals surface area contributed by atoms with Crippen LogP contribution in [0, 0.1) is 5.82 Å². The molecule has 0 atom stereocenters. The first-order valence-electron chi connectivity index (χ1n) is 3.74. The third-order valence-electron chi connectivity index (χ3n) is 1.69. The molecule has 6 heteroatoms. The summed E-state index contributed by atoms with van der Waals surface area (Å²) < 4.78 is 34.9. The smallest absolute Gasteiger partial charge is 0.264 e. The molecule has 1 aromatic carbocycles. The summed E-state index contributed by atoms with van der Waals surface area (Å²) in [6.07, 6.45) is 0. The Labute approximate surface area is 86.5 Å². The molecule has 0 unspecified atom stereocenters. The molecule has 0 heterocycles. The van der Waals surface area contributed by atoms with Gasteiger partial charge in [0.15, 0.2) is 0 Å². The van der Waals surface area contributed by atoms with Crippen molar-refractivity contribution in [1.82, 2.24) is 0 Å². The van der Waals surface area contributed by atoms with Gasteiger partial charge in [0.1, 0.15) is 10.7 Å². The van der Waals surface area contributed by atoms with Crippen LogP contribution in [0.15, 0.2) is 23.1 Å². The fourth-order valence-electron chi connectivity index (χ4n) is 0.966. The molecule has 0 spiro atoms. The Kier molecular flexibility index (Phi) is 3.01. The standard InChI is InChI=1S/C8H9ClFNO2S/c1-11(2)6-3-4-8(7(10)5-6)14(9,12)13/h3-5H,1-2H3. The van der Waals surface area contributed by atoms with Crippen LogP contribution in [-0.2, 0) is 9.05 Å². The minimum absolute atomic E-state index is 0.496. The normalized spacial score (nSPS) is 11.4. The molecule has 0 bridgehead atoms. The van der Waals surface area contributed by atoms with Crippen LogP contribution in [0.4, 0.5) is 10.1 Å². The Bertz CT molecular complexity index is 445. The largest absolute Gasteiger partial charge is 0.378 e. The summed E-state index contributed by atoms with van der Waals surface area (Å²) in [5.41, 5.74) is 0.576. The molecule has 0 aliphatic heterocycles. The molecule has 0 amide bonds. The fraction of sp³-hybridized carbons (Fsp3) is 0.250. The molecule has 3 nitrogen and oxygen atoms in total. The lowest BCUT2D eigenvalue weighted by molar-refractivity contribution is 0.575. The highest BCUT2D eigenvalue weighted by Gasteiger charge is 2.16. The molecule has 0 saturated heterocycles. The van der Waals surface area contributed by atoms with E-state index < -0.39 is 19.8 Å². The first kappa shape index (κ1) is 11.3. The van der Waals surface area contributed by atoms with Crippen LogP contribution in [0.25, 0.3) is 0 Å². The molecule has 0 aliphatic carbocycles. The van der Waals surface area contributed by atoms with Gasteiger partial charge in [-0.2, -0.15) is 0 Å². The van der Waals surface area contributed by atoms with E-state index in [0.717, 1.165) is 12.1 Å². The Morgan fingerprint density at radius 3 is 2.29 bits per heavy atom. The summed E-state index contributed by atoms with van der Waals surface area (Å²) >= 11 is 0. The van der Waals surface area contributed by atoms with E-state index in [0.29, 0.717) is 5.69 Å². The van der Waals surface area contributed by atoms with Crippen LogP contribution in [0.1, 0.15) is 0 Å². The van der Waals surface area contributed by atoms with E-state index in [1.54, 1.807) is 19.0 Å². The van der Waals surface area contributed by atoms with Crippen LogP contribution in [-0.4, -0.2) is 22.5 Å². The SMILES string of the molecule is CN(C)c1ccc(S(=O)(=O)Cl)c(F)c1. The number of rotatable bonds is 2. The van der Waals surface area contributed by atoms with Gasteiger partial charge in [-0.3, -0.25) is 0 Å². The molecule has 0 aromatic heterocycles. The molecule has 1 rings (SSSR count). The summed E-state index contributed by atoms with van der Waals surface area (Å²) in [5, 5.41) is 0. The van der Waals surface area contributed by atoms with Crippen molar-refractivity contribution in [3.63, 3.8) is 0 Å². The van der Waals surface area contributed by atoms with Crippen molar-refractivity contribution in [2.45, 2.75) is 4.90 Å². The van der Waals surface area contributed by atoms with Crippen molar-refractivity contribution in [3.05, 3.63) is 24.0 Å². The van der Waals surface area contributed by atoms with Gasteiger partial charge in [-0.05, 0) is 18.2 Å². The van der Waals surface area contributed by atoms with Crippen molar-refractivity contribution in [1.29, 1.82) is 0 Å². The van der Waals surface area contributed by atoms with E-state index in [1.807, 2.05) is 0 Å². The molecule has 0 radical (unpaired) electrons. The van der Waals surface area contributed by atoms with Gasteiger partial charge in [-0.1, -0.05) is 0 Å². The van der Waals surface area contributed by atoms with Crippen molar-refractivity contribution in [2.24, 2.45) is 0 Å². The van der Waals surface area contributed by atoms with E-state index >= 15 is 0 Å². The average Bonchev–Trinajstić information content (AvgIpc) is 2.01. The number of hydrogen-bond acceptors (Lipinski definition) is 3. The van der Waals surface area contributed by atoms with Crippen LogP contribution < -0.4 is 4.90 Å². The van der Waals surface area contributed by atoms with Gasteiger partial charge in [0.2, 0.25) is 0 Å². The van der Waals surface area contributed by atoms with E-state index in [4.69, 9.17) is 10.7 Å². The first-order chi connectivity index (χ1) is 6.32. The van der Waals surface area contributed by atoms with Crippen molar-refractivity contribution >= 4 is 25.4 Å². The zero-order chi connectivity index (χ0) is 10.9. The molecule has 1 aromatic rings. The monoisotopic (exact) mass is 237 g/mol. The second-order valence-corrected chi connectivity index (χ2v) is 5.48. The summed E-state index contributed by atoms with van der Waals surface area (Å²) in [6.45, 7) is 0. The Morgan fingerprint density at radius 1 is 1.36 bits per heavy atom. The van der Waals surface area contributed by atoms with E-state index in [9.17, 15) is 12.8 Å². The minimum atomic E-state index is -4.00. The summed E-state index contributed by atoms with van der Waals surface area (Å²) in [7, 11) is 4.47. The third-order valence-corrected chi connectivity index (χ3v) is 3.05. The highest BCUT2D eigenvalue weighted by molar-refractivity contribution is 8.13. The fourth-order valence-corrected chi connectivity index (χ4v) is 1.86. The van der Waals surface area contributed by atoms with Gasteiger partial charge in [0.25, 0.3) is 9.05 Å². The van der Waals surface area contributed by atoms with Gasteiger partial charge >= 0.3 is 0 Å². The average molecular weight is 238 g/mol. The van der Waals surface area contributed by atoms with Crippen LogP contribution in [0.3, 0.4) is 0 Å². The lowest BCUT2D eigenvalue weighted by atomic mass is 10.3. The zero-order valence-electron chi connectivity index (χ0n) is 7.66. The summed E-state index contributed by atoms with van der Waals surface area (Å²) in [5.74, 6) is -0.841. The van der Waals surface area contributed by atoms with Gasteiger partial charge < -0.3 is 4.90 Å². The van der Waals surface area contributed by atoms with Gasteiger partial charge in [-0.15, -0.1) is 0 Å². The molecular weight excluding hydrogens is 229 g/mol. The number of anilines is 1. The van der Waals surface area contributed by atoms with E-state index in [-0.39, 0.29) is 0 Å². The number of nitrogens with zero attached hydrogens (tertiary/aromatic N) is 1. The predicted molar refractivity (Wildman–Crippen MR) is 53.8 cm³/mol. The highest BCUT2D eigenvalue weighted by Crippen LogP contribution is 2.22. The van der Waals surface area contributed by atoms with Crippen molar-refractivity contribution < 1.29 is 12.8 Å². The van der Waals surface area contributed by atoms with Crippen LogP contribution in [0.2, 0.25) is 0 Å². The van der Waals surface area contributed by atoms with Gasteiger partial charge in [0, 0.05) is 30.5 Å². The summed E-state index contributed by atoms with van der Waals surface area (Å²) in [4.78, 5) is 1.16. The molecule has 0 fully saturated rings. The van der Waals surface area contributed by atoms with Crippen molar-refractivity contribution in [3.8, 4) is 0 Å². The van der Waals surface area contributed by atoms with Crippen molar-refractivity contribution in [2.75, 3.05) is 19.0 Å². The molecule has 0 aliphatic rings. The number of halogens is 2. The third kappa shape index (κ3) is 2.36. The minimum Gasteiger partial charge on any atom is -0.378 e. The topological polar surface area (TPSA) is 37.4 Å². The Hall–Kier alpha value is -0.810.